The molecule has 32 heavy (non-hydrogen) atoms. The quantitative estimate of drug-likeness (QED) is 0.391. The summed E-state index contributed by atoms with van der Waals surface area (Å²) in [5.74, 6) is 1.000. The molecule has 0 aliphatic carbocycles. The average molecular weight is 435 g/mol. The van der Waals surface area contributed by atoms with Gasteiger partial charge in [-0.05, 0) is 56.5 Å². The lowest BCUT2D eigenvalue weighted by Crippen LogP contribution is -2.46. The van der Waals surface area contributed by atoms with Crippen LogP contribution in [0.5, 0.6) is 5.75 Å². The number of nitrogens with zero attached hydrogens (tertiary/aromatic N) is 3. The van der Waals surface area contributed by atoms with Gasteiger partial charge < -0.3 is 19.7 Å². The highest BCUT2D eigenvalue weighted by atomic mass is 16.5. The number of nitrogens with one attached hydrogen (secondary N) is 3. The number of imidazole rings is 1. The summed E-state index contributed by atoms with van der Waals surface area (Å²) in [5.41, 5.74) is 4.54. The Hall–Kier alpha value is -3.59. The fourth-order valence-electron chi connectivity index (χ4n) is 4.21. The Bertz CT molecular complexity index is 1310. The zero-order valence-corrected chi connectivity index (χ0v) is 18.3. The van der Waals surface area contributed by atoms with Gasteiger partial charge in [0.05, 0.1) is 23.9 Å². The molecule has 166 valence electrons. The molecule has 1 aliphatic rings. The highest BCUT2D eigenvalue weighted by Crippen LogP contribution is 2.35. The Morgan fingerprint density at radius 3 is 2.78 bits per heavy atom. The second kappa shape index (κ2) is 7.52. The molecule has 3 heterocycles. The summed E-state index contributed by atoms with van der Waals surface area (Å²) in [5, 5.41) is 21.3. The Labute approximate surface area is 184 Å². The van der Waals surface area contributed by atoms with Gasteiger partial charge in [-0.15, -0.1) is 0 Å². The van der Waals surface area contributed by atoms with E-state index in [1.54, 1.807) is 18.9 Å². The number of hydrogen-bond donors (Lipinski definition) is 4. The summed E-state index contributed by atoms with van der Waals surface area (Å²) in [6, 6.07) is 9.73. The molecule has 9 nitrogen and oxygen atoms in total. The van der Waals surface area contributed by atoms with Crippen molar-refractivity contribution in [3.8, 4) is 16.9 Å². The molecule has 1 aliphatic heterocycles. The van der Waals surface area contributed by atoms with Crippen molar-refractivity contribution < 1.29 is 14.6 Å². The Morgan fingerprint density at radius 1 is 1.25 bits per heavy atom. The number of urea groups is 1. The predicted octanol–water partition coefficient (Wildman–Crippen LogP) is 3.80. The second-order valence-electron chi connectivity index (χ2n) is 8.61. The molecular formula is C23H26N6O3. The van der Waals surface area contributed by atoms with E-state index in [-0.39, 0.29) is 6.03 Å². The van der Waals surface area contributed by atoms with Gasteiger partial charge in [0.25, 0.3) is 0 Å². The molecule has 1 fully saturated rings. The third kappa shape index (κ3) is 3.54. The SMILES string of the molecule is COc1ccc(-c2ccc3[nH]nc(C)c3c2)c2nc(NC(=O)N3CCC(C)(O)CC3)[nH]c12. The third-order valence-electron chi connectivity index (χ3n) is 6.24. The first-order chi connectivity index (χ1) is 15.3. The van der Waals surface area contributed by atoms with Gasteiger partial charge in [-0.3, -0.25) is 10.4 Å². The minimum Gasteiger partial charge on any atom is -0.494 e. The van der Waals surface area contributed by atoms with E-state index in [0.717, 1.165) is 27.7 Å². The highest BCUT2D eigenvalue weighted by molar-refractivity contribution is 6.00. The van der Waals surface area contributed by atoms with Crippen LogP contribution in [0.1, 0.15) is 25.5 Å². The van der Waals surface area contributed by atoms with Gasteiger partial charge in [0.1, 0.15) is 16.8 Å². The maximum absolute atomic E-state index is 12.8. The number of aromatic amines is 2. The van der Waals surface area contributed by atoms with E-state index < -0.39 is 5.60 Å². The lowest BCUT2D eigenvalue weighted by Gasteiger charge is -2.35. The van der Waals surface area contributed by atoms with Crippen molar-refractivity contribution in [1.29, 1.82) is 0 Å². The molecule has 0 bridgehead atoms. The zero-order valence-electron chi connectivity index (χ0n) is 18.3. The number of aliphatic hydroxyl groups is 1. The Morgan fingerprint density at radius 2 is 2.03 bits per heavy atom. The number of likely N-dealkylation sites (tertiary alicyclic amines) is 1. The van der Waals surface area contributed by atoms with E-state index in [9.17, 15) is 9.90 Å². The molecule has 0 spiro atoms. The average Bonchev–Trinajstić information content (AvgIpc) is 3.36. The molecule has 4 aromatic rings. The van der Waals surface area contributed by atoms with Crippen LogP contribution in [0, 0.1) is 6.92 Å². The van der Waals surface area contributed by atoms with Crippen molar-refractivity contribution in [3.05, 3.63) is 36.0 Å². The molecule has 0 atom stereocenters. The van der Waals surface area contributed by atoms with Gasteiger partial charge in [0.2, 0.25) is 5.95 Å². The second-order valence-corrected chi connectivity index (χ2v) is 8.61. The summed E-state index contributed by atoms with van der Waals surface area (Å²) in [7, 11) is 1.61. The predicted molar refractivity (Wildman–Crippen MR) is 123 cm³/mol. The number of ether oxygens (including phenoxy) is 1. The van der Waals surface area contributed by atoms with Crippen molar-refractivity contribution in [1.82, 2.24) is 25.1 Å². The minimum atomic E-state index is -0.715. The number of H-pyrrole nitrogens is 2. The first-order valence-corrected chi connectivity index (χ1v) is 10.6. The standard InChI is InChI=1S/C23H26N6O3/c1-13-16-12-14(4-6-17(16)28-27-13)15-5-7-18(32-3)20-19(15)24-21(25-20)26-22(30)29-10-8-23(2,31)9-11-29/h4-7,12,31H,8-11H2,1-3H3,(H,27,28)(H2,24,25,26,30). The van der Waals surface area contributed by atoms with Crippen LogP contribution < -0.4 is 10.1 Å². The van der Waals surface area contributed by atoms with Crippen LogP contribution in [0.15, 0.2) is 30.3 Å². The van der Waals surface area contributed by atoms with Crippen LogP contribution >= 0.6 is 0 Å². The van der Waals surface area contributed by atoms with Crippen molar-refractivity contribution >= 4 is 33.9 Å². The van der Waals surface area contributed by atoms with Crippen molar-refractivity contribution in [2.75, 3.05) is 25.5 Å². The molecular weight excluding hydrogens is 408 g/mol. The first kappa shape index (κ1) is 20.3. The maximum Gasteiger partial charge on any atom is 0.324 e. The van der Waals surface area contributed by atoms with E-state index in [1.807, 2.05) is 31.2 Å². The topological polar surface area (TPSA) is 119 Å². The van der Waals surface area contributed by atoms with Crippen molar-refractivity contribution in [2.45, 2.75) is 32.3 Å². The number of aromatic nitrogens is 4. The Balaban J connectivity index is 1.49. The fourth-order valence-corrected chi connectivity index (χ4v) is 4.21. The van der Waals surface area contributed by atoms with E-state index in [4.69, 9.17) is 4.74 Å². The van der Waals surface area contributed by atoms with E-state index in [1.165, 1.54) is 0 Å². The summed E-state index contributed by atoms with van der Waals surface area (Å²) in [6.07, 6.45) is 1.10. The normalized spacial score (nSPS) is 15.9. The summed E-state index contributed by atoms with van der Waals surface area (Å²) < 4.78 is 5.52. The molecule has 2 aromatic carbocycles. The van der Waals surface area contributed by atoms with E-state index in [2.05, 4.69) is 31.5 Å². The molecule has 2 aromatic heterocycles. The van der Waals surface area contributed by atoms with Crippen LogP contribution in [0.3, 0.4) is 0 Å². The number of carbonyl (C=O) groups excluding carboxylic acids is 1. The van der Waals surface area contributed by atoms with Gasteiger partial charge >= 0.3 is 6.03 Å². The number of amides is 2. The summed E-state index contributed by atoms with van der Waals surface area (Å²) >= 11 is 0. The van der Waals surface area contributed by atoms with Gasteiger partial charge in [-0.25, -0.2) is 9.78 Å². The molecule has 4 N–H and O–H groups in total. The Kier molecular flexibility index (Phi) is 4.78. The number of rotatable bonds is 3. The molecule has 5 rings (SSSR count). The van der Waals surface area contributed by atoms with Crippen molar-refractivity contribution in [3.63, 3.8) is 0 Å². The summed E-state index contributed by atoms with van der Waals surface area (Å²) in [4.78, 5) is 22.3. The minimum absolute atomic E-state index is 0.240. The number of fused-ring (bicyclic) bond motifs is 2. The van der Waals surface area contributed by atoms with Crippen LogP contribution in [0.4, 0.5) is 10.7 Å². The fraction of sp³-hybridized carbons (Fsp3) is 0.348. The molecule has 0 unspecified atom stereocenters. The van der Waals surface area contributed by atoms with Crippen LogP contribution in [-0.4, -0.2) is 62.0 Å². The molecule has 2 amide bonds. The highest BCUT2D eigenvalue weighted by Gasteiger charge is 2.30. The van der Waals surface area contributed by atoms with E-state index >= 15 is 0 Å². The summed E-state index contributed by atoms with van der Waals surface area (Å²) in [6.45, 7) is 4.77. The lowest BCUT2D eigenvalue weighted by molar-refractivity contribution is 0.00569. The smallest absolute Gasteiger partial charge is 0.324 e. The van der Waals surface area contributed by atoms with Crippen LogP contribution in [0.2, 0.25) is 0 Å². The number of benzene rings is 2. The van der Waals surface area contributed by atoms with Gasteiger partial charge in [-0.2, -0.15) is 5.10 Å². The number of carbonyl (C=O) groups is 1. The van der Waals surface area contributed by atoms with Crippen molar-refractivity contribution in [2.24, 2.45) is 0 Å². The van der Waals surface area contributed by atoms with Gasteiger partial charge in [0, 0.05) is 24.0 Å². The van der Waals surface area contributed by atoms with Crippen LogP contribution in [-0.2, 0) is 0 Å². The zero-order chi connectivity index (χ0) is 22.5. The molecule has 0 saturated carbocycles. The van der Waals surface area contributed by atoms with Gasteiger partial charge in [0.15, 0.2) is 0 Å². The molecule has 1 saturated heterocycles. The van der Waals surface area contributed by atoms with E-state index in [0.29, 0.717) is 48.7 Å². The van der Waals surface area contributed by atoms with Gasteiger partial charge in [-0.1, -0.05) is 6.07 Å². The molecule has 0 radical (unpaired) electrons. The van der Waals surface area contributed by atoms with Crippen LogP contribution in [0.25, 0.3) is 33.1 Å². The monoisotopic (exact) mass is 434 g/mol. The number of anilines is 1. The largest absolute Gasteiger partial charge is 0.494 e. The third-order valence-corrected chi connectivity index (χ3v) is 6.24. The first-order valence-electron chi connectivity index (χ1n) is 10.6. The number of methoxy groups -OCH3 is 1. The molecule has 9 heteroatoms. The maximum atomic E-state index is 12.8. The number of piperidine rings is 1. The number of aryl methyl sites for hydroxylation is 1. The lowest BCUT2D eigenvalue weighted by atomic mass is 9.94. The number of hydrogen-bond acceptors (Lipinski definition) is 5.